The van der Waals surface area contributed by atoms with Crippen molar-refractivity contribution in [3.05, 3.63) is 65.9 Å². The fourth-order valence-corrected chi connectivity index (χ4v) is 2.49. The van der Waals surface area contributed by atoms with Gasteiger partial charge in [0, 0.05) is 29.9 Å². The van der Waals surface area contributed by atoms with E-state index in [1.165, 1.54) is 13.2 Å². The summed E-state index contributed by atoms with van der Waals surface area (Å²) in [5.41, 5.74) is 2.96. The first kappa shape index (κ1) is 14.8. The third-order valence-corrected chi connectivity index (χ3v) is 3.63. The summed E-state index contributed by atoms with van der Waals surface area (Å²) in [6.45, 7) is 0.587. The summed E-state index contributed by atoms with van der Waals surface area (Å²) in [4.78, 5) is 15.5. The third kappa shape index (κ3) is 3.08. The zero-order valence-corrected chi connectivity index (χ0v) is 12.6. The molecular weight excluding hydrogens is 292 g/mol. The molecule has 0 aliphatic heterocycles. The molecule has 5 heteroatoms. The molecule has 5 nitrogen and oxygen atoms in total. The van der Waals surface area contributed by atoms with E-state index in [2.05, 4.69) is 10.3 Å². The molecule has 0 aliphatic carbocycles. The van der Waals surface area contributed by atoms with Gasteiger partial charge >= 0.3 is 5.97 Å². The second kappa shape index (κ2) is 6.36. The summed E-state index contributed by atoms with van der Waals surface area (Å²) in [6.07, 6.45) is 1.77. The molecular formula is C18H16N2O3. The molecule has 2 N–H and O–H groups in total. The number of benzene rings is 2. The number of para-hydroxylation sites is 1. The first-order chi connectivity index (χ1) is 11.2. The monoisotopic (exact) mass is 308 g/mol. The third-order valence-electron chi connectivity index (χ3n) is 3.63. The van der Waals surface area contributed by atoms with Crippen LogP contribution in [0.3, 0.4) is 0 Å². The summed E-state index contributed by atoms with van der Waals surface area (Å²) in [6, 6.07) is 14.9. The average Bonchev–Trinajstić information content (AvgIpc) is 2.59. The molecule has 0 amide bonds. The van der Waals surface area contributed by atoms with Crippen LogP contribution in [-0.4, -0.2) is 23.2 Å². The lowest BCUT2D eigenvalue weighted by Gasteiger charge is -2.11. The van der Waals surface area contributed by atoms with E-state index in [1.807, 2.05) is 30.3 Å². The Hall–Kier alpha value is -3.08. The Kier molecular flexibility index (Phi) is 4.10. The van der Waals surface area contributed by atoms with Gasteiger partial charge in [0.2, 0.25) is 0 Å². The lowest BCUT2D eigenvalue weighted by atomic mass is 10.1. The van der Waals surface area contributed by atoms with Crippen LogP contribution in [0.5, 0.6) is 5.75 Å². The Labute approximate surface area is 133 Å². The molecule has 3 aromatic rings. The minimum atomic E-state index is -1.01. The Bertz CT molecular complexity index is 857. The first-order valence-electron chi connectivity index (χ1n) is 7.17. The van der Waals surface area contributed by atoms with Crippen LogP contribution in [0.2, 0.25) is 0 Å². The van der Waals surface area contributed by atoms with Crippen LogP contribution < -0.4 is 10.1 Å². The number of carboxylic acids is 1. The number of carboxylic acid groups (broad SMARTS) is 1. The number of carbonyl (C=O) groups is 1. The van der Waals surface area contributed by atoms with E-state index in [9.17, 15) is 4.79 Å². The molecule has 0 radical (unpaired) electrons. The first-order valence-corrected chi connectivity index (χ1v) is 7.17. The van der Waals surface area contributed by atoms with E-state index in [4.69, 9.17) is 9.84 Å². The van der Waals surface area contributed by atoms with Gasteiger partial charge in [0.05, 0.1) is 12.6 Å². The van der Waals surface area contributed by atoms with Crippen LogP contribution in [0.15, 0.2) is 54.7 Å². The van der Waals surface area contributed by atoms with Gasteiger partial charge in [-0.2, -0.15) is 0 Å². The molecule has 1 aromatic heterocycles. The van der Waals surface area contributed by atoms with Crippen LogP contribution in [0.4, 0.5) is 5.69 Å². The molecule has 0 atom stereocenters. The minimum absolute atomic E-state index is 0.143. The molecule has 23 heavy (non-hydrogen) atoms. The van der Waals surface area contributed by atoms with E-state index in [0.717, 1.165) is 22.2 Å². The summed E-state index contributed by atoms with van der Waals surface area (Å²) >= 11 is 0. The lowest BCUT2D eigenvalue weighted by molar-refractivity contribution is 0.0693. The summed E-state index contributed by atoms with van der Waals surface area (Å²) in [5, 5.41) is 13.5. The van der Waals surface area contributed by atoms with Gasteiger partial charge in [-0.05, 0) is 23.8 Å². The minimum Gasteiger partial charge on any atom is -0.496 e. The predicted molar refractivity (Wildman–Crippen MR) is 89.0 cm³/mol. The van der Waals surface area contributed by atoms with Crippen molar-refractivity contribution in [3.8, 4) is 5.75 Å². The molecule has 116 valence electrons. The van der Waals surface area contributed by atoms with Crippen LogP contribution in [-0.2, 0) is 6.54 Å². The summed E-state index contributed by atoms with van der Waals surface area (Å²) in [7, 11) is 1.46. The van der Waals surface area contributed by atoms with E-state index >= 15 is 0 Å². The van der Waals surface area contributed by atoms with Crippen LogP contribution in [0.1, 0.15) is 15.9 Å². The molecule has 0 aliphatic rings. The van der Waals surface area contributed by atoms with Crippen LogP contribution in [0, 0.1) is 0 Å². The highest BCUT2D eigenvalue weighted by Gasteiger charge is 2.11. The summed E-state index contributed by atoms with van der Waals surface area (Å²) < 4.78 is 5.14. The van der Waals surface area contributed by atoms with E-state index in [0.29, 0.717) is 12.3 Å². The smallest absolute Gasteiger partial charge is 0.339 e. The van der Waals surface area contributed by atoms with Crippen molar-refractivity contribution in [1.29, 1.82) is 0 Å². The number of methoxy groups -OCH3 is 1. The molecule has 0 bridgehead atoms. The number of nitrogens with one attached hydrogen (secondary N) is 1. The maximum atomic E-state index is 11.1. The summed E-state index contributed by atoms with van der Waals surface area (Å²) in [5.74, 6) is -0.676. The number of anilines is 1. The molecule has 3 rings (SSSR count). The van der Waals surface area contributed by atoms with E-state index in [1.54, 1.807) is 18.3 Å². The predicted octanol–water partition coefficient (Wildman–Crippen LogP) is 3.55. The highest BCUT2D eigenvalue weighted by atomic mass is 16.5. The number of pyridine rings is 1. The normalized spacial score (nSPS) is 10.5. The number of hydrogen-bond acceptors (Lipinski definition) is 4. The second-order valence-corrected chi connectivity index (χ2v) is 5.07. The van der Waals surface area contributed by atoms with Crippen molar-refractivity contribution in [2.24, 2.45) is 0 Å². The number of aromatic carboxylic acids is 1. The van der Waals surface area contributed by atoms with Gasteiger partial charge in [0.25, 0.3) is 0 Å². The molecule has 2 aromatic carbocycles. The van der Waals surface area contributed by atoms with Gasteiger partial charge in [-0.3, -0.25) is 4.98 Å². The van der Waals surface area contributed by atoms with Crippen molar-refractivity contribution < 1.29 is 14.6 Å². The van der Waals surface area contributed by atoms with E-state index in [-0.39, 0.29) is 5.56 Å². The van der Waals surface area contributed by atoms with Crippen molar-refractivity contribution in [2.75, 3.05) is 12.4 Å². The van der Waals surface area contributed by atoms with Gasteiger partial charge in [0.1, 0.15) is 11.3 Å². The largest absolute Gasteiger partial charge is 0.496 e. The molecule has 0 unspecified atom stereocenters. The van der Waals surface area contributed by atoms with Gasteiger partial charge in [0.15, 0.2) is 0 Å². The topological polar surface area (TPSA) is 71.5 Å². The highest BCUT2D eigenvalue weighted by molar-refractivity contribution is 5.91. The number of fused-ring (bicyclic) bond motifs is 1. The van der Waals surface area contributed by atoms with Gasteiger partial charge in [-0.1, -0.05) is 24.3 Å². The number of nitrogens with zero attached hydrogens (tertiary/aromatic N) is 1. The Morgan fingerprint density at radius 3 is 2.83 bits per heavy atom. The standard InChI is InChI=1S/C18H16N2O3/c1-23-16-10-14(7-8-15(16)18(21)22)20-11-13-5-2-4-12-6-3-9-19-17(12)13/h2-10,20H,11H2,1H3,(H,21,22). The lowest BCUT2D eigenvalue weighted by Crippen LogP contribution is -2.04. The van der Waals surface area contributed by atoms with Crippen LogP contribution >= 0.6 is 0 Å². The number of aromatic nitrogens is 1. The zero-order chi connectivity index (χ0) is 16.2. The Balaban J connectivity index is 1.84. The second-order valence-electron chi connectivity index (χ2n) is 5.07. The fraction of sp³-hybridized carbons (Fsp3) is 0.111. The zero-order valence-electron chi connectivity index (χ0n) is 12.6. The van der Waals surface area contributed by atoms with E-state index < -0.39 is 5.97 Å². The number of rotatable bonds is 5. The molecule has 0 saturated carbocycles. The molecule has 0 saturated heterocycles. The van der Waals surface area contributed by atoms with Crippen molar-refractivity contribution in [2.45, 2.75) is 6.54 Å². The van der Waals surface area contributed by atoms with Crippen molar-refractivity contribution in [1.82, 2.24) is 4.98 Å². The maximum absolute atomic E-state index is 11.1. The van der Waals surface area contributed by atoms with Crippen molar-refractivity contribution >= 4 is 22.6 Å². The van der Waals surface area contributed by atoms with Gasteiger partial charge < -0.3 is 15.2 Å². The highest BCUT2D eigenvalue weighted by Crippen LogP contribution is 2.24. The molecule has 0 fully saturated rings. The quantitative estimate of drug-likeness (QED) is 0.754. The Morgan fingerprint density at radius 1 is 1.22 bits per heavy atom. The van der Waals surface area contributed by atoms with Gasteiger partial charge in [-0.25, -0.2) is 4.79 Å². The number of ether oxygens (including phenoxy) is 1. The maximum Gasteiger partial charge on any atom is 0.339 e. The number of hydrogen-bond donors (Lipinski definition) is 2. The molecule has 0 spiro atoms. The van der Waals surface area contributed by atoms with Crippen molar-refractivity contribution in [3.63, 3.8) is 0 Å². The SMILES string of the molecule is COc1cc(NCc2cccc3cccnc23)ccc1C(=O)O. The average molecular weight is 308 g/mol. The van der Waals surface area contributed by atoms with Crippen LogP contribution in [0.25, 0.3) is 10.9 Å². The van der Waals surface area contributed by atoms with Gasteiger partial charge in [-0.15, -0.1) is 0 Å². The fourth-order valence-electron chi connectivity index (χ4n) is 2.49. The molecule has 1 heterocycles. The Morgan fingerprint density at radius 2 is 2.04 bits per heavy atom.